The standard InChI is InChI=1S/C19H22N2O4/c1-12(2)13(3)20-19(23)17-9-8-14(25-17)10-21-15-6-4-5-7-16(15)24-11-18(21)22/h4-9,12-13H,10-11H2,1-3H3,(H,20,23). The van der Waals surface area contributed by atoms with E-state index in [0.29, 0.717) is 23.1 Å². The number of benzene rings is 1. The summed E-state index contributed by atoms with van der Waals surface area (Å²) in [6.07, 6.45) is 0. The molecule has 0 aliphatic carbocycles. The Morgan fingerprint density at radius 1 is 1.20 bits per heavy atom. The molecule has 3 rings (SSSR count). The molecule has 0 saturated heterocycles. The lowest BCUT2D eigenvalue weighted by Gasteiger charge is -2.28. The molecular weight excluding hydrogens is 320 g/mol. The summed E-state index contributed by atoms with van der Waals surface area (Å²) in [5, 5.41) is 2.90. The van der Waals surface area contributed by atoms with Crippen LogP contribution >= 0.6 is 0 Å². The molecule has 0 spiro atoms. The van der Waals surface area contributed by atoms with Gasteiger partial charge in [-0.25, -0.2) is 0 Å². The lowest BCUT2D eigenvalue weighted by molar-refractivity contribution is -0.121. The van der Waals surface area contributed by atoms with Crippen molar-refractivity contribution < 1.29 is 18.7 Å². The van der Waals surface area contributed by atoms with Crippen LogP contribution in [0, 0.1) is 5.92 Å². The van der Waals surface area contributed by atoms with E-state index >= 15 is 0 Å². The van der Waals surface area contributed by atoms with Gasteiger partial charge in [-0.1, -0.05) is 26.0 Å². The van der Waals surface area contributed by atoms with Crippen LogP contribution in [0.15, 0.2) is 40.8 Å². The minimum atomic E-state index is -0.249. The second kappa shape index (κ2) is 7.01. The highest BCUT2D eigenvalue weighted by molar-refractivity contribution is 5.97. The molecule has 2 aromatic rings. The summed E-state index contributed by atoms with van der Waals surface area (Å²) in [6.45, 7) is 6.29. The quantitative estimate of drug-likeness (QED) is 0.907. The number of ether oxygens (including phenoxy) is 1. The Bertz CT molecular complexity index is 781. The lowest BCUT2D eigenvalue weighted by Crippen LogP contribution is -2.38. The van der Waals surface area contributed by atoms with E-state index in [4.69, 9.17) is 9.15 Å². The van der Waals surface area contributed by atoms with E-state index in [0.717, 1.165) is 0 Å². The first-order chi connectivity index (χ1) is 12.0. The van der Waals surface area contributed by atoms with Crippen molar-refractivity contribution in [1.29, 1.82) is 0 Å². The average Bonchev–Trinajstić information content (AvgIpc) is 3.06. The maximum absolute atomic E-state index is 12.2. The van der Waals surface area contributed by atoms with Crippen LogP contribution in [-0.2, 0) is 11.3 Å². The number of nitrogens with one attached hydrogen (secondary N) is 1. The molecule has 0 fully saturated rings. The third-order valence-electron chi connectivity index (χ3n) is 4.37. The van der Waals surface area contributed by atoms with Gasteiger partial charge in [0, 0.05) is 6.04 Å². The molecular formula is C19H22N2O4. The zero-order valence-corrected chi connectivity index (χ0v) is 14.6. The first-order valence-corrected chi connectivity index (χ1v) is 8.37. The van der Waals surface area contributed by atoms with Crippen molar-refractivity contribution in [3.8, 4) is 5.75 Å². The number of furan rings is 1. The zero-order valence-electron chi connectivity index (χ0n) is 14.6. The molecule has 1 aromatic carbocycles. The summed E-state index contributed by atoms with van der Waals surface area (Å²) < 4.78 is 11.1. The number of carbonyl (C=O) groups excluding carboxylic acids is 2. The van der Waals surface area contributed by atoms with Gasteiger partial charge in [-0.2, -0.15) is 0 Å². The van der Waals surface area contributed by atoms with E-state index in [2.05, 4.69) is 5.32 Å². The monoisotopic (exact) mass is 342 g/mol. The molecule has 132 valence electrons. The van der Waals surface area contributed by atoms with E-state index in [1.165, 1.54) is 0 Å². The van der Waals surface area contributed by atoms with Crippen LogP contribution in [0.1, 0.15) is 37.1 Å². The van der Waals surface area contributed by atoms with E-state index in [9.17, 15) is 9.59 Å². The first-order valence-electron chi connectivity index (χ1n) is 8.37. The fourth-order valence-electron chi connectivity index (χ4n) is 2.51. The van der Waals surface area contributed by atoms with Gasteiger partial charge in [0.15, 0.2) is 12.4 Å². The van der Waals surface area contributed by atoms with Gasteiger partial charge in [0.25, 0.3) is 11.8 Å². The van der Waals surface area contributed by atoms with Crippen LogP contribution in [0.25, 0.3) is 0 Å². The van der Waals surface area contributed by atoms with Crippen molar-refractivity contribution in [1.82, 2.24) is 5.32 Å². The molecule has 6 nitrogen and oxygen atoms in total. The second-order valence-electron chi connectivity index (χ2n) is 6.51. The predicted octanol–water partition coefficient (Wildman–Crippen LogP) is 2.98. The van der Waals surface area contributed by atoms with E-state index in [1.807, 2.05) is 45.0 Å². The second-order valence-corrected chi connectivity index (χ2v) is 6.51. The third kappa shape index (κ3) is 3.68. The summed E-state index contributed by atoms with van der Waals surface area (Å²) >= 11 is 0. The van der Waals surface area contributed by atoms with Crippen molar-refractivity contribution in [2.45, 2.75) is 33.4 Å². The molecule has 1 aromatic heterocycles. The number of carbonyl (C=O) groups is 2. The molecule has 2 heterocycles. The lowest BCUT2D eigenvalue weighted by atomic mass is 10.1. The van der Waals surface area contributed by atoms with Crippen molar-refractivity contribution in [3.63, 3.8) is 0 Å². The number of hydrogen-bond donors (Lipinski definition) is 1. The molecule has 0 bridgehead atoms. The molecule has 6 heteroatoms. The van der Waals surface area contributed by atoms with Crippen molar-refractivity contribution in [3.05, 3.63) is 47.9 Å². The fourth-order valence-corrected chi connectivity index (χ4v) is 2.51. The number of amides is 2. The Hall–Kier alpha value is -2.76. The molecule has 1 atom stereocenters. The Morgan fingerprint density at radius 3 is 2.72 bits per heavy atom. The number of nitrogens with zero attached hydrogens (tertiary/aromatic N) is 1. The van der Waals surface area contributed by atoms with E-state index in [-0.39, 0.29) is 36.8 Å². The van der Waals surface area contributed by atoms with Crippen molar-refractivity contribution in [2.75, 3.05) is 11.5 Å². The molecule has 25 heavy (non-hydrogen) atoms. The molecule has 1 N–H and O–H groups in total. The summed E-state index contributed by atoms with van der Waals surface area (Å²) in [7, 11) is 0. The van der Waals surface area contributed by atoms with Gasteiger partial charge in [-0.3, -0.25) is 14.5 Å². The van der Waals surface area contributed by atoms with E-state index in [1.54, 1.807) is 17.0 Å². The molecule has 1 aliphatic heterocycles. The number of fused-ring (bicyclic) bond motifs is 1. The number of para-hydroxylation sites is 2. The Morgan fingerprint density at radius 2 is 1.96 bits per heavy atom. The highest BCUT2D eigenvalue weighted by Gasteiger charge is 2.26. The maximum Gasteiger partial charge on any atom is 0.287 e. The van der Waals surface area contributed by atoms with Gasteiger partial charge in [-0.05, 0) is 37.1 Å². The van der Waals surface area contributed by atoms with Crippen LogP contribution in [0.3, 0.4) is 0 Å². The van der Waals surface area contributed by atoms with Crippen molar-refractivity contribution >= 4 is 17.5 Å². The van der Waals surface area contributed by atoms with Crippen LogP contribution in [0.5, 0.6) is 5.75 Å². The maximum atomic E-state index is 12.2. The van der Waals surface area contributed by atoms with Crippen LogP contribution < -0.4 is 15.0 Å². The van der Waals surface area contributed by atoms with Crippen LogP contribution in [0.4, 0.5) is 5.69 Å². The highest BCUT2D eigenvalue weighted by Crippen LogP contribution is 2.32. The van der Waals surface area contributed by atoms with Gasteiger partial charge < -0.3 is 14.5 Å². The minimum absolute atomic E-state index is 0.00301. The van der Waals surface area contributed by atoms with Gasteiger partial charge in [0.1, 0.15) is 11.5 Å². The minimum Gasteiger partial charge on any atom is -0.482 e. The fraction of sp³-hybridized carbons (Fsp3) is 0.368. The van der Waals surface area contributed by atoms with Gasteiger partial charge in [0.2, 0.25) is 0 Å². The zero-order chi connectivity index (χ0) is 18.0. The SMILES string of the molecule is CC(C)C(C)NC(=O)c1ccc(CN2C(=O)COc3ccccc32)o1. The number of hydrogen-bond acceptors (Lipinski definition) is 4. The molecule has 0 radical (unpaired) electrons. The normalized spacial score (nSPS) is 14.9. The Balaban J connectivity index is 1.73. The Labute approximate surface area is 146 Å². The largest absolute Gasteiger partial charge is 0.482 e. The van der Waals surface area contributed by atoms with Crippen LogP contribution in [0.2, 0.25) is 0 Å². The summed E-state index contributed by atoms with van der Waals surface area (Å²) in [5.41, 5.74) is 0.703. The van der Waals surface area contributed by atoms with Gasteiger partial charge in [0.05, 0.1) is 12.2 Å². The predicted molar refractivity (Wildman–Crippen MR) is 93.6 cm³/mol. The number of anilines is 1. The van der Waals surface area contributed by atoms with Crippen LogP contribution in [-0.4, -0.2) is 24.5 Å². The molecule has 1 aliphatic rings. The summed E-state index contributed by atoms with van der Waals surface area (Å²) in [5.74, 6) is 1.40. The number of rotatable bonds is 5. The molecule has 1 unspecified atom stereocenters. The molecule has 2 amide bonds. The smallest absolute Gasteiger partial charge is 0.287 e. The summed E-state index contributed by atoms with van der Waals surface area (Å²) in [6, 6.07) is 10.8. The average molecular weight is 342 g/mol. The van der Waals surface area contributed by atoms with Gasteiger partial charge >= 0.3 is 0 Å². The highest BCUT2D eigenvalue weighted by atomic mass is 16.5. The van der Waals surface area contributed by atoms with Gasteiger partial charge in [-0.15, -0.1) is 0 Å². The van der Waals surface area contributed by atoms with E-state index < -0.39 is 0 Å². The first kappa shape index (κ1) is 17.1. The Kier molecular flexibility index (Phi) is 4.79. The third-order valence-corrected chi connectivity index (χ3v) is 4.37. The molecule has 0 saturated carbocycles. The topological polar surface area (TPSA) is 71.8 Å². The summed E-state index contributed by atoms with van der Waals surface area (Å²) in [4.78, 5) is 26.0. The van der Waals surface area contributed by atoms with Crippen molar-refractivity contribution in [2.24, 2.45) is 5.92 Å².